The number of aromatic nitrogens is 2. The number of rotatable bonds is 7. The van der Waals surface area contributed by atoms with Crippen LogP contribution in [-0.2, 0) is 10.0 Å². The highest BCUT2D eigenvalue weighted by molar-refractivity contribution is 7.92. The Morgan fingerprint density at radius 2 is 1.83 bits per heavy atom. The van der Waals surface area contributed by atoms with E-state index in [1.807, 2.05) is 6.07 Å². The molecule has 0 aliphatic heterocycles. The van der Waals surface area contributed by atoms with Gasteiger partial charge < -0.3 is 10.1 Å². The number of sulfonamides is 1. The number of aryl methyl sites for hydroxylation is 1. The Balaban J connectivity index is 1.97. The van der Waals surface area contributed by atoms with Crippen molar-refractivity contribution in [2.75, 3.05) is 23.3 Å². The van der Waals surface area contributed by atoms with Crippen molar-refractivity contribution >= 4 is 27.3 Å². The third-order valence-corrected chi connectivity index (χ3v) is 6.25. The Bertz CT molecular complexity index is 1130. The van der Waals surface area contributed by atoms with Crippen molar-refractivity contribution in [3.63, 3.8) is 0 Å². The van der Waals surface area contributed by atoms with Crippen LogP contribution in [0.3, 0.4) is 0 Å². The number of benzene rings is 2. The smallest absolute Gasteiger partial charge is 0.275 e. The zero-order valence-electron chi connectivity index (χ0n) is 16.9. The van der Waals surface area contributed by atoms with E-state index in [1.54, 1.807) is 38.1 Å². The predicted octanol–water partition coefficient (Wildman–Crippen LogP) is 3.26. The lowest BCUT2D eigenvalue weighted by molar-refractivity contribution is 0.102. The van der Waals surface area contributed by atoms with E-state index in [0.717, 1.165) is 0 Å². The number of carbonyl (C=O) groups is 1. The number of nitrogens with zero attached hydrogens (tertiary/aromatic N) is 3. The molecule has 9 heteroatoms. The van der Waals surface area contributed by atoms with Crippen molar-refractivity contribution in [3.05, 3.63) is 72.3 Å². The van der Waals surface area contributed by atoms with Gasteiger partial charge in [-0.15, -0.1) is 0 Å². The summed E-state index contributed by atoms with van der Waals surface area (Å²) in [4.78, 5) is 20.7. The molecule has 0 aliphatic carbocycles. The molecule has 8 nitrogen and oxygen atoms in total. The molecule has 1 aromatic heterocycles. The molecule has 0 atom stereocenters. The molecule has 0 fully saturated rings. The number of nitrogens with one attached hydrogen (secondary N) is 1. The lowest BCUT2D eigenvalue weighted by atomic mass is 10.2. The fraction of sp³-hybridized carbons (Fsp3) is 0.190. The highest BCUT2D eigenvalue weighted by atomic mass is 32.2. The van der Waals surface area contributed by atoms with Crippen LogP contribution >= 0.6 is 0 Å². The van der Waals surface area contributed by atoms with Crippen LogP contribution in [0.1, 0.15) is 23.1 Å². The molecule has 1 amide bonds. The number of hydrogen-bond donors (Lipinski definition) is 1. The summed E-state index contributed by atoms with van der Waals surface area (Å²) in [5, 5.41) is 2.66. The first-order valence-electron chi connectivity index (χ1n) is 9.22. The van der Waals surface area contributed by atoms with Gasteiger partial charge in [0.25, 0.3) is 15.9 Å². The lowest BCUT2D eigenvalue weighted by Crippen LogP contribution is -2.30. The molecule has 156 valence electrons. The third kappa shape index (κ3) is 4.41. The highest BCUT2D eigenvalue weighted by Crippen LogP contribution is 2.31. The first-order valence-corrected chi connectivity index (χ1v) is 10.7. The molecule has 1 N–H and O–H groups in total. The van der Waals surface area contributed by atoms with Crippen LogP contribution in [0.15, 0.2) is 65.8 Å². The minimum atomic E-state index is -3.86. The van der Waals surface area contributed by atoms with E-state index in [2.05, 4.69) is 15.3 Å². The van der Waals surface area contributed by atoms with E-state index >= 15 is 0 Å². The fourth-order valence-electron chi connectivity index (χ4n) is 2.85. The van der Waals surface area contributed by atoms with E-state index in [9.17, 15) is 13.2 Å². The summed E-state index contributed by atoms with van der Waals surface area (Å²) in [6, 6.07) is 13.1. The molecule has 0 unspecified atom stereocenters. The maximum atomic E-state index is 13.3. The first kappa shape index (κ1) is 21.3. The summed E-state index contributed by atoms with van der Waals surface area (Å²) in [5.74, 6) is -0.198. The molecule has 0 spiro atoms. The van der Waals surface area contributed by atoms with Crippen LogP contribution in [0.4, 0.5) is 11.4 Å². The van der Waals surface area contributed by atoms with Crippen molar-refractivity contribution in [2.24, 2.45) is 0 Å². The maximum Gasteiger partial charge on any atom is 0.275 e. The van der Waals surface area contributed by atoms with Gasteiger partial charge in [-0.2, -0.15) is 0 Å². The van der Waals surface area contributed by atoms with Gasteiger partial charge in [0.05, 0.1) is 35.3 Å². The average Bonchev–Trinajstić information content (AvgIpc) is 2.75. The lowest BCUT2D eigenvalue weighted by Gasteiger charge is -2.23. The van der Waals surface area contributed by atoms with Gasteiger partial charge in [-0.25, -0.2) is 13.4 Å². The van der Waals surface area contributed by atoms with Crippen LogP contribution in [0.5, 0.6) is 5.75 Å². The number of anilines is 2. The number of para-hydroxylation sites is 1. The fourth-order valence-corrected chi connectivity index (χ4v) is 4.35. The van der Waals surface area contributed by atoms with Gasteiger partial charge in [0.15, 0.2) is 0 Å². The Morgan fingerprint density at radius 1 is 1.10 bits per heavy atom. The molecule has 0 saturated carbocycles. The second-order valence-electron chi connectivity index (χ2n) is 6.36. The van der Waals surface area contributed by atoms with Gasteiger partial charge in [0.2, 0.25) is 0 Å². The van der Waals surface area contributed by atoms with Crippen molar-refractivity contribution in [3.8, 4) is 5.75 Å². The van der Waals surface area contributed by atoms with E-state index in [4.69, 9.17) is 4.74 Å². The topological polar surface area (TPSA) is 101 Å². The third-order valence-electron chi connectivity index (χ3n) is 4.35. The molecule has 1 heterocycles. The molecule has 3 aromatic rings. The van der Waals surface area contributed by atoms with Crippen LogP contribution < -0.4 is 14.4 Å². The Labute approximate surface area is 175 Å². The first-order chi connectivity index (χ1) is 14.4. The van der Waals surface area contributed by atoms with E-state index < -0.39 is 15.9 Å². The van der Waals surface area contributed by atoms with Gasteiger partial charge in [-0.05, 0) is 44.2 Å². The summed E-state index contributed by atoms with van der Waals surface area (Å²) < 4.78 is 33.1. The molecule has 0 aliphatic rings. The SMILES string of the molecule is CCN(c1ccccc1)S(=O)(=O)c1ccc(OC)c(NC(=O)c2cnc(C)cn2)c1. The normalized spacial score (nSPS) is 11.0. The quantitative estimate of drug-likeness (QED) is 0.622. The van der Waals surface area contributed by atoms with Crippen LogP contribution in [0.25, 0.3) is 0 Å². The van der Waals surface area contributed by atoms with Gasteiger partial charge in [0.1, 0.15) is 11.4 Å². The number of hydrogen-bond acceptors (Lipinski definition) is 6. The number of carbonyl (C=O) groups excluding carboxylic acids is 1. The second-order valence-corrected chi connectivity index (χ2v) is 8.23. The number of ether oxygens (including phenoxy) is 1. The zero-order chi connectivity index (χ0) is 21.7. The molecule has 0 bridgehead atoms. The van der Waals surface area contributed by atoms with Crippen molar-refractivity contribution in [1.29, 1.82) is 0 Å². The van der Waals surface area contributed by atoms with Gasteiger partial charge in [-0.3, -0.25) is 14.1 Å². The molecular weight excluding hydrogens is 404 g/mol. The average molecular weight is 426 g/mol. The molecule has 0 saturated heterocycles. The summed E-state index contributed by atoms with van der Waals surface area (Å²) in [7, 11) is -2.42. The van der Waals surface area contributed by atoms with Crippen LogP contribution in [-0.4, -0.2) is 37.9 Å². The molecule has 2 aromatic carbocycles. The van der Waals surface area contributed by atoms with Crippen molar-refractivity contribution < 1.29 is 17.9 Å². The summed E-state index contributed by atoms with van der Waals surface area (Å²) in [5.41, 5.74) is 1.56. The Hall–Kier alpha value is -3.46. The second kappa shape index (κ2) is 8.91. The number of methoxy groups -OCH3 is 1. The Kier molecular flexibility index (Phi) is 6.31. The largest absolute Gasteiger partial charge is 0.495 e. The molecule has 3 rings (SSSR count). The van der Waals surface area contributed by atoms with Gasteiger partial charge in [0, 0.05) is 12.7 Å². The summed E-state index contributed by atoms with van der Waals surface area (Å²) in [6.45, 7) is 3.77. The zero-order valence-corrected chi connectivity index (χ0v) is 17.7. The van der Waals surface area contributed by atoms with Crippen LogP contribution in [0.2, 0.25) is 0 Å². The van der Waals surface area contributed by atoms with Crippen molar-refractivity contribution in [1.82, 2.24) is 9.97 Å². The molecule has 30 heavy (non-hydrogen) atoms. The van der Waals surface area contributed by atoms with Gasteiger partial charge in [-0.1, -0.05) is 18.2 Å². The molecule has 0 radical (unpaired) electrons. The number of amides is 1. The van der Waals surface area contributed by atoms with E-state index in [1.165, 1.54) is 42.0 Å². The minimum absolute atomic E-state index is 0.0271. The summed E-state index contributed by atoms with van der Waals surface area (Å²) in [6.07, 6.45) is 2.83. The standard InChI is InChI=1S/C21H22N4O4S/c1-4-25(16-8-6-5-7-9-16)30(27,28)17-10-11-20(29-3)18(12-17)24-21(26)19-14-22-15(2)13-23-19/h5-14H,4H2,1-3H3,(H,24,26). The van der Waals surface area contributed by atoms with E-state index in [0.29, 0.717) is 17.1 Å². The molecular formula is C21H22N4O4S. The monoisotopic (exact) mass is 426 g/mol. The minimum Gasteiger partial charge on any atom is -0.495 e. The van der Waals surface area contributed by atoms with Crippen molar-refractivity contribution in [2.45, 2.75) is 18.7 Å². The highest BCUT2D eigenvalue weighted by Gasteiger charge is 2.25. The van der Waals surface area contributed by atoms with Gasteiger partial charge >= 0.3 is 0 Å². The van der Waals surface area contributed by atoms with Crippen LogP contribution in [0, 0.1) is 6.92 Å². The summed E-state index contributed by atoms with van der Waals surface area (Å²) >= 11 is 0. The predicted molar refractivity (Wildman–Crippen MR) is 114 cm³/mol. The Morgan fingerprint density at radius 3 is 2.43 bits per heavy atom. The van der Waals surface area contributed by atoms with E-state index in [-0.39, 0.29) is 22.8 Å². The maximum absolute atomic E-state index is 13.3.